The zero-order valence-corrected chi connectivity index (χ0v) is 14.7. The molecule has 1 aliphatic rings. The molecule has 5 heteroatoms. The zero-order valence-electron chi connectivity index (χ0n) is 14.7. The van der Waals surface area contributed by atoms with Crippen LogP contribution < -0.4 is 4.74 Å². The molecule has 0 unspecified atom stereocenters. The van der Waals surface area contributed by atoms with Crippen LogP contribution in [-0.2, 0) is 9.53 Å². The molecule has 0 atom stereocenters. The quantitative estimate of drug-likeness (QED) is 0.777. The Balaban J connectivity index is 1.51. The standard InChI is InChI=1S/C21H21NO4/c1-25-19-9-7-18(8-10-19)21(24)26-15-20(23)22-13-11-17(12-14-22)16-5-3-2-4-6-16/h2-11H,12-15H2,1H3. The summed E-state index contributed by atoms with van der Waals surface area (Å²) in [4.78, 5) is 26.0. The fraction of sp³-hybridized carbons (Fsp3) is 0.238. The predicted octanol–water partition coefficient (Wildman–Crippen LogP) is 3.17. The van der Waals surface area contributed by atoms with Crippen LogP contribution in [0, 0.1) is 0 Å². The minimum atomic E-state index is -0.515. The Morgan fingerprint density at radius 3 is 2.38 bits per heavy atom. The molecule has 0 fully saturated rings. The van der Waals surface area contributed by atoms with E-state index in [0.29, 0.717) is 24.4 Å². The van der Waals surface area contributed by atoms with Gasteiger partial charge >= 0.3 is 5.97 Å². The van der Waals surface area contributed by atoms with Gasteiger partial charge in [-0.05, 0) is 41.8 Å². The highest BCUT2D eigenvalue weighted by atomic mass is 16.5. The third-order valence-electron chi connectivity index (χ3n) is 4.36. The SMILES string of the molecule is COc1ccc(C(=O)OCC(=O)N2CC=C(c3ccccc3)CC2)cc1. The van der Waals surface area contributed by atoms with E-state index in [1.54, 1.807) is 36.3 Å². The van der Waals surface area contributed by atoms with Crippen LogP contribution in [0.4, 0.5) is 0 Å². The van der Waals surface area contributed by atoms with Crippen LogP contribution in [0.3, 0.4) is 0 Å². The molecule has 0 saturated heterocycles. The van der Waals surface area contributed by atoms with Gasteiger partial charge in [-0.2, -0.15) is 0 Å². The van der Waals surface area contributed by atoms with E-state index in [-0.39, 0.29) is 12.5 Å². The number of nitrogens with zero attached hydrogens (tertiary/aromatic N) is 1. The molecule has 0 saturated carbocycles. The van der Waals surface area contributed by atoms with Crippen molar-refractivity contribution in [2.24, 2.45) is 0 Å². The summed E-state index contributed by atoms with van der Waals surface area (Å²) in [6, 6.07) is 16.7. The van der Waals surface area contributed by atoms with Gasteiger partial charge in [0.2, 0.25) is 0 Å². The molecule has 0 N–H and O–H groups in total. The molecule has 134 valence electrons. The number of amides is 1. The van der Waals surface area contributed by atoms with Gasteiger partial charge in [0.05, 0.1) is 12.7 Å². The van der Waals surface area contributed by atoms with Crippen molar-refractivity contribution in [3.8, 4) is 5.75 Å². The first-order valence-corrected chi connectivity index (χ1v) is 8.51. The molecule has 0 spiro atoms. The summed E-state index contributed by atoms with van der Waals surface area (Å²) in [5, 5.41) is 0. The minimum Gasteiger partial charge on any atom is -0.497 e. The summed E-state index contributed by atoms with van der Waals surface area (Å²) in [5.41, 5.74) is 2.82. The summed E-state index contributed by atoms with van der Waals surface area (Å²) in [6.45, 7) is 0.905. The molecular formula is C21H21NO4. The van der Waals surface area contributed by atoms with E-state index in [1.165, 1.54) is 11.1 Å². The molecule has 0 bridgehead atoms. The molecule has 1 aliphatic heterocycles. The number of hydrogen-bond donors (Lipinski definition) is 0. The highest BCUT2D eigenvalue weighted by Gasteiger charge is 2.19. The van der Waals surface area contributed by atoms with Gasteiger partial charge in [0.15, 0.2) is 6.61 Å². The number of carbonyl (C=O) groups is 2. The van der Waals surface area contributed by atoms with E-state index in [9.17, 15) is 9.59 Å². The second kappa shape index (κ2) is 8.34. The first kappa shape index (κ1) is 17.7. The highest BCUT2D eigenvalue weighted by molar-refractivity contribution is 5.91. The number of esters is 1. The molecule has 0 aromatic heterocycles. The fourth-order valence-electron chi connectivity index (χ4n) is 2.84. The maximum Gasteiger partial charge on any atom is 0.338 e. The maximum atomic E-state index is 12.3. The Hall–Kier alpha value is -3.08. The number of methoxy groups -OCH3 is 1. The van der Waals surface area contributed by atoms with E-state index in [4.69, 9.17) is 9.47 Å². The van der Waals surface area contributed by atoms with E-state index >= 15 is 0 Å². The maximum absolute atomic E-state index is 12.3. The smallest absolute Gasteiger partial charge is 0.338 e. The molecule has 3 rings (SSSR count). The molecular weight excluding hydrogens is 330 g/mol. The number of carbonyl (C=O) groups excluding carboxylic acids is 2. The lowest BCUT2D eigenvalue weighted by Gasteiger charge is -2.26. The average molecular weight is 351 g/mol. The van der Waals surface area contributed by atoms with E-state index < -0.39 is 5.97 Å². The fourth-order valence-corrected chi connectivity index (χ4v) is 2.84. The Morgan fingerprint density at radius 2 is 1.77 bits per heavy atom. The van der Waals surface area contributed by atoms with Gasteiger partial charge in [-0.25, -0.2) is 4.79 Å². The van der Waals surface area contributed by atoms with Gasteiger partial charge in [-0.15, -0.1) is 0 Å². The molecule has 1 amide bonds. The summed E-state index contributed by atoms with van der Waals surface area (Å²) in [7, 11) is 1.56. The Labute approximate surface area is 152 Å². The number of benzene rings is 2. The van der Waals surface area contributed by atoms with Gasteiger partial charge in [0.25, 0.3) is 5.91 Å². The second-order valence-corrected chi connectivity index (χ2v) is 5.99. The van der Waals surface area contributed by atoms with Crippen molar-refractivity contribution in [2.75, 3.05) is 26.8 Å². The van der Waals surface area contributed by atoms with Gasteiger partial charge < -0.3 is 14.4 Å². The lowest BCUT2D eigenvalue weighted by atomic mass is 10.00. The first-order valence-electron chi connectivity index (χ1n) is 8.51. The Bertz CT molecular complexity index is 797. The summed E-state index contributed by atoms with van der Waals surface area (Å²) in [5.74, 6) is -0.0410. The van der Waals surface area contributed by atoms with E-state index in [0.717, 1.165) is 6.42 Å². The normalized spacial score (nSPS) is 13.7. The van der Waals surface area contributed by atoms with Crippen LogP contribution in [0.25, 0.3) is 5.57 Å². The van der Waals surface area contributed by atoms with Crippen molar-refractivity contribution in [1.82, 2.24) is 4.90 Å². The largest absolute Gasteiger partial charge is 0.497 e. The van der Waals surface area contributed by atoms with Crippen molar-refractivity contribution >= 4 is 17.4 Å². The van der Waals surface area contributed by atoms with E-state index in [1.807, 2.05) is 18.2 Å². The number of rotatable bonds is 5. The third kappa shape index (κ3) is 4.30. The number of ether oxygens (including phenoxy) is 2. The lowest BCUT2D eigenvalue weighted by molar-refractivity contribution is -0.134. The van der Waals surface area contributed by atoms with Crippen LogP contribution >= 0.6 is 0 Å². The van der Waals surface area contributed by atoms with Crippen LogP contribution in [0.2, 0.25) is 0 Å². The summed E-state index contributed by atoms with van der Waals surface area (Å²) >= 11 is 0. The van der Waals surface area contributed by atoms with Crippen molar-refractivity contribution < 1.29 is 19.1 Å². The second-order valence-electron chi connectivity index (χ2n) is 5.99. The summed E-state index contributed by atoms with van der Waals surface area (Å²) in [6.07, 6.45) is 2.85. The first-order chi connectivity index (χ1) is 12.7. The monoisotopic (exact) mass is 351 g/mol. The zero-order chi connectivity index (χ0) is 18.4. The van der Waals surface area contributed by atoms with Gasteiger partial charge in [0.1, 0.15) is 5.75 Å². The number of hydrogen-bond acceptors (Lipinski definition) is 4. The molecule has 1 heterocycles. The summed E-state index contributed by atoms with van der Waals surface area (Å²) < 4.78 is 10.2. The Morgan fingerprint density at radius 1 is 1.04 bits per heavy atom. The molecule has 26 heavy (non-hydrogen) atoms. The van der Waals surface area contributed by atoms with Crippen molar-refractivity contribution in [3.63, 3.8) is 0 Å². The highest BCUT2D eigenvalue weighted by Crippen LogP contribution is 2.22. The van der Waals surface area contributed by atoms with Gasteiger partial charge in [-0.3, -0.25) is 4.79 Å². The van der Waals surface area contributed by atoms with Crippen LogP contribution in [0.5, 0.6) is 5.75 Å². The van der Waals surface area contributed by atoms with Crippen LogP contribution in [0.15, 0.2) is 60.7 Å². The van der Waals surface area contributed by atoms with Crippen molar-refractivity contribution in [1.29, 1.82) is 0 Å². The third-order valence-corrected chi connectivity index (χ3v) is 4.36. The van der Waals surface area contributed by atoms with Gasteiger partial charge in [-0.1, -0.05) is 36.4 Å². The Kier molecular flexibility index (Phi) is 5.69. The minimum absolute atomic E-state index is 0.185. The van der Waals surface area contributed by atoms with Crippen LogP contribution in [-0.4, -0.2) is 43.6 Å². The average Bonchev–Trinajstić information content (AvgIpc) is 2.72. The van der Waals surface area contributed by atoms with E-state index in [2.05, 4.69) is 18.2 Å². The molecule has 0 radical (unpaired) electrons. The van der Waals surface area contributed by atoms with Crippen molar-refractivity contribution in [3.05, 3.63) is 71.8 Å². The van der Waals surface area contributed by atoms with Crippen LogP contribution in [0.1, 0.15) is 22.3 Å². The topological polar surface area (TPSA) is 55.8 Å². The molecule has 0 aliphatic carbocycles. The lowest BCUT2D eigenvalue weighted by Crippen LogP contribution is -2.37. The van der Waals surface area contributed by atoms with Gasteiger partial charge in [0, 0.05) is 13.1 Å². The molecule has 2 aromatic carbocycles. The molecule has 5 nitrogen and oxygen atoms in total. The molecule has 2 aromatic rings. The van der Waals surface area contributed by atoms with Crippen molar-refractivity contribution in [2.45, 2.75) is 6.42 Å². The predicted molar refractivity (Wildman–Crippen MR) is 98.9 cm³/mol.